The van der Waals surface area contributed by atoms with Gasteiger partial charge in [0.15, 0.2) is 10.0 Å². The highest BCUT2D eigenvalue weighted by Crippen LogP contribution is 2.39. The Morgan fingerprint density at radius 1 is 1.28 bits per heavy atom. The Hall–Kier alpha value is -2.39. The van der Waals surface area contributed by atoms with Crippen molar-refractivity contribution < 1.29 is 22.3 Å². The van der Waals surface area contributed by atoms with Crippen LogP contribution in [0.15, 0.2) is 17.0 Å². The second-order valence-electron chi connectivity index (χ2n) is 9.72. The Bertz CT molecular complexity index is 1410. The predicted octanol–water partition coefficient (Wildman–Crippen LogP) is 2.38. The highest BCUT2D eigenvalue weighted by Gasteiger charge is 2.41. The Balaban J connectivity index is 1.73. The van der Waals surface area contributed by atoms with Crippen molar-refractivity contribution in [3.05, 3.63) is 23.0 Å². The van der Waals surface area contributed by atoms with Crippen molar-refractivity contribution in [3.8, 4) is 10.7 Å². The summed E-state index contributed by atoms with van der Waals surface area (Å²) in [7, 11) is -3.91. The molecule has 194 valence electrons. The fraction of sp³-hybridized carbons (Fsp3) is 0.545. The smallest absolute Gasteiger partial charge is 0.291 e. The van der Waals surface area contributed by atoms with Gasteiger partial charge in [-0.05, 0) is 45.7 Å². The number of sulfonamides is 1. The quantitative estimate of drug-likeness (QED) is 0.414. The van der Waals surface area contributed by atoms with E-state index in [1.165, 1.54) is 6.07 Å². The summed E-state index contributed by atoms with van der Waals surface area (Å²) in [6, 6.07) is 2.87. The van der Waals surface area contributed by atoms with Gasteiger partial charge in [-0.3, -0.25) is 0 Å². The van der Waals surface area contributed by atoms with E-state index in [-0.39, 0.29) is 34.3 Å². The molecule has 2 atom stereocenters. The fourth-order valence-corrected chi connectivity index (χ4v) is 6.65. The molecule has 3 aromatic rings. The summed E-state index contributed by atoms with van der Waals surface area (Å²) in [5, 5.41) is 20.7. The lowest BCUT2D eigenvalue weighted by Crippen LogP contribution is -2.57. The second kappa shape index (κ2) is 9.17. The van der Waals surface area contributed by atoms with Crippen molar-refractivity contribution in [2.75, 3.05) is 24.6 Å². The van der Waals surface area contributed by atoms with Crippen molar-refractivity contribution in [3.63, 3.8) is 0 Å². The number of aromatic nitrogens is 4. The molecule has 0 amide bonds. The van der Waals surface area contributed by atoms with E-state index in [1.54, 1.807) is 13.0 Å². The number of halogens is 2. The third-order valence-corrected chi connectivity index (χ3v) is 8.96. The van der Waals surface area contributed by atoms with E-state index in [4.69, 9.17) is 0 Å². The summed E-state index contributed by atoms with van der Waals surface area (Å²) in [6.45, 7) is 6.40. The minimum Gasteiger partial charge on any atom is -0.395 e. The number of fused-ring (bicyclic) bond motifs is 1. The van der Waals surface area contributed by atoms with Crippen molar-refractivity contribution in [1.29, 1.82) is 0 Å². The number of piperazine rings is 1. The van der Waals surface area contributed by atoms with Crippen LogP contribution in [0.2, 0.25) is 0 Å². The van der Waals surface area contributed by atoms with Gasteiger partial charge in [0.2, 0.25) is 10.0 Å². The van der Waals surface area contributed by atoms with E-state index in [1.807, 2.05) is 18.7 Å². The fourth-order valence-electron chi connectivity index (χ4n) is 4.44. The zero-order valence-electron chi connectivity index (χ0n) is 20.0. The highest BCUT2D eigenvalue weighted by molar-refractivity contribution is 7.89. The molecule has 3 N–H and O–H groups in total. The monoisotopic (exact) mass is 539 g/mol. The Labute approximate surface area is 211 Å². The third-order valence-electron chi connectivity index (χ3n) is 6.40. The van der Waals surface area contributed by atoms with E-state index in [0.717, 1.165) is 12.8 Å². The minimum absolute atomic E-state index is 0.0221. The molecule has 2 aliphatic rings. The van der Waals surface area contributed by atoms with Crippen LogP contribution < -0.4 is 14.9 Å². The predicted molar refractivity (Wildman–Crippen MR) is 132 cm³/mol. The molecular weight excluding hydrogens is 512 g/mol. The van der Waals surface area contributed by atoms with Gasteiger partial charge in [-0.2, -0.15) is 0 Å². The normalized spacial score (nSPS) is 21.9. The summed E-state index contributed by atoms with van der Waals surface area (Å²) < 4.78 is 56.1. The Morgan fingerprint density at radius 3 is 2.67 bits per heavy atom. The molecule has 1 aliphatic heterocycles. The molecule has 1 saturated heterocycles. The SMILES string of the molecule is Cc1nc(-c2nnc(C(F)F)s2)c2cc(S(=O)(=O)NC3(C)CC3)cc(N3C[C@H](CO)N[C@@H](C)C3)c2n1. The summed E-state index contributed by atoms with van der Waals surface area (Å²) in [5.74, 6) is 0.383. The van der Waals surface area contributed by atoms with E-state index in [2.05, 4.69) is 30.2 Å². The van der Waals surface area contributed by atoms with Crippen molar-refractivity contribution in [2.45, 2.75) is 62.6 Å². The van der Waals surface area contributed by atoms with Gasteiger partial charge in [0.25, 0.3) is 6.43 Å². The van der Waals surface area contributed by atoms with Gasteiger partial charge in [0.05, 0.1) is 22.7 Å². The van der Waals surface area contributed by atoms with Gasteiger partial charge < -0.3 is 15.3 Å². The molecule has 14 heteroatoms. The molecule has 2 aromatic heterocycles. The van der Waals surface area contributed by atoms with Gasteiger partial charge in [-0.15, -0.1) is 10.2 Å². The highest BCUT2D eigenvalue weighted by atomic mass is 32.2. The van der Waals surface area contributed by atoms with Crippen LogP contribution in [-0.2, 0) is 10.0 Å². The summed E-state index contributed by atoms with van der Waals surface area (Å²) in [4.78, 5) is 11.1. The van der Waals surface area contributed by atoms with Crippen LogP contribution in [0.1, 0.15) is 43.9 Å². The lowest BCUT2D eigenvalue weighted by Gasteiger charge is -2.38. The van der Waals surface area contributed by atoms with Crippen molar-refractivity contribution in [1.82, 2.24) is 30.2 Å². The summed E-state index contributed by atoms with van der Waals surface area (Å²) >= 11 is 0.713. The molecule has 10 nitrogen and oxygen atoms in total. The van der Waals surface area contributed by atoms with Crippen LogP contribution in [0.25, 0.3) is 21.6 Å². The van der Waals surface area contributed by atoms with E-state index in [9.17, 15) is 22.3 Å². The Morgan fingerprint density at radius 2 is 2.03 bits per heavy atom. The van der Waals surface area contributed by atoms with Crippen LogP contribution in [0.3, 0.4) is 0 Å². The van der Waals surface area contributed by atoms with Gasteiger partial charge in [0, 0.05) is 36.1 Å². The number of hydrogen-bond donors (Lipinski definition) is 3. The lowest BCUT2D eigenvalue weighted by molar-refractivity contribution is 0.150. The zero-order valence-corrected chi connectivity index (χ0v) is 21.6. The maximum atomic E-state index is 13.4. The number of hydrogen-bond acceptors (Lipinski definition) is 10. The average Bonchev–Trinajstić information content (AvgIpc) is 3.31. The minimum atomic E-state index is -3.91. The first-order valence-corrected chi connectivity index (χ1v) is 13.9. The largest absolute Gasteiger partial charge is 0.395 e. The first kappa shape index (κ1) is 25.3. The van der Waals surface area contributed by atoms with Gasteiger partial charge >= 0.3 is 0 Å². The van der Waals surface area contributed by atoms with Crippen LogP contribution in [-0.4, -0.2) is 71.0 Å². The molecule has 0 spiro atoms. The number of nitrogens with one attached hydrogen (secondary N) is 2. The van der Waals surface area contributed by atoms with Crippen LogP contribution >= 0.6 is 11.3 Å². The standard InChI is InChI=1S/C22H27F2N7O3S2/c1-11-8-31(9-13(10-32)25-11)16-7-14(36(33,34)30-22(3)4-5-22)6-15-17(16)26-12(2)27-18(15)20-28-29-21(35-20)19(23)24/h6-7,11,13,19,25,30,32H,4-5,8-10H2,1-3H3/t11-,13+/m0/s1. The summed E-state index contributed by atoms with van der Waals surface area (Å²) in [6.07, 6.45) is -1.29. The van der Waals surface area contributed by atoms with Crippen molar-refractivity contribution >= 4 is 38.0 Å². The molecule has 0 bridgehead atoms. The number of rotatable bonds is 7. The molecule has 1 saturated carbocycles. The molecule has 5 rings (SSSR count). The zero-order chi connectivity index (χ0) is 25.8. The first-order chi connectivity index (χ1) is 17.0. The summed E-state index contributed by atoms with van der Waals surface area (Å²) in [5.41, 5.74) is 0.802. The number of aliphatic hydroxyl groups excluding tert-OH is 1. The number of nitrogens with zero attached hydrogens (tertiary/aromatic N) is 5. The number of alkyl halides is 2. The van der Waals surface area contributed by atoms with E-state index in [0.29, 0.717) is 46.8 Å². The second-order valence-corrected chi connectivity index (χ2v) is 12.4. The number of benzene rings is 1. The number of aliphatic hydroxyl groups is 1. The maximum Gasteiger partial charge on any atom is 0.291 e. The molecule has 2 fully saturated rings. The maximum absolute atomic E-state index is 13.4. The van der Waals surface area contributed by atoms with E-state index >= 15 is 0 Å². The number of aryl methyl sites for hydroxylation is 1. The Kier molecular flexibility index (Phi) is 6.44. The van der Waals surface area contributed by atoms with Gasteiger partial charge in [-0.1, -0.05) is 11.3 Å². The third kappa shape index (κ3) is 4.92. The molecule has 0 radical (unpaired) electrons. The topological polar surface area (TPSA) is 133 Å². The molecule has 1 aliphatic carbocycles. The molecule has 3 heterocycles. The van der Waals surface area contributed by atoms with Crippen molar-refractivity contribution in [2.24, 2.45) is 0 Å². The van der Waals surface area contributed by atoms with Gasteiger partial charge in [0.1, 0.15) is 11.5 Å². The lowest BCUT2D eigenvalue weighted by atomic mass is 10.1. The van der Waals surface area contributed by atoms with Crippen LogP contribution in [0.4, 0.5) is 14.5 Å². The number of anilines is 1. The molecule has 0 unspecified atom stereocenters. The molecule has 1 aromatic carbocycles. The molecular formula is C22H27F2N7O3S2. The van der Waals surface area contributed by atoms with Crippen LogP contribution in [0.5, 0.6) is 0 Å². The van der Waals surface area contributed by atoms with Crippen LogP contribution in [0, 0.1) is 6.92 Å². The first-order valence-electron chi connectivity index (χ1n) is 11.6. The molecule has 36 heavy (non-hydrogen) atoms. The average molecular weight is 540 g/mol. The van der Waals surface area contributed by atoms with E-state index < -0.39 is 27.0 Å². The van der Waals surface area contributed by atoms with Gasteiger partial charge in [-0.25, -0.2) is 31.9 Å².